The number of hydrogen-bond donors (Lipinski definition) is 2. The first-order chi connectivity index (χ1) is 14.7. The molecule has 0 bridgehead atoms. The van der Waals surface area contributed by atoms with Gasteiger partial charge in [-0.2, -0.15) is 0 Å². The Hall–Kier alpha value is -4.13. The van der Waals surface area contributed by atoms with Crippen LogP contribution in [0, 0.1) is 0 Å². The summed E-state index contributed by atoms with van der Waals surface area (Å²) in [6, 6.07) is 24.6. The summed E-state index contributed by atoms with van der Waals surface area (Å²) < 4.78 is 7.06. The highest BCUT2D eigenvalue weighted by Gasteiger charge is 2.08. The lowest BCUT2D eigenvalue weighted by Gasteiger charge is -2.09. The third kappa shape index (κ3) is 4.64. The standard InChI is InChI=1S/C23H20N4O3/c28-22(14-24-23(29)30-15-17-6-2-1-3-7-17)26-18-10-12-19(13-11-18)27-16-25-20-8-4-5-9-21(20)27/h1-13,16H,14-15H2,(H,24,29)(H,26,28). The van der Waals surface area contributed by atoms with Gasteiger partial charge in [-0.15, -0.1) is 0 Å². The Morgan fingerprint density at radius 1 is 0.900 bits per heavy atom. The number of carbonyl (C=O) groups is 2. The lowest BCUT2D eigenvalue weighted by atomic mass is 10.2. The molecule has 3 aromatic carbocycles. The smallest absolute Gasteiger partial charge is 0.407 e. The molecule has 0 unspecified atom stereocenters. The Balaban J connectivity index is 1.28. The summed E-state index contributed by atoms with van der Waals surface area (Å²) in [6.45, 7) is -0.0276. The molecule has 2 N–H and O–H groups in total. The van der Waals surface area contributed by atoms with Crippen molar-refractivity contribution in [1.82, 2.24) is 14.9 Å². The number of hydrogen-bond acceptors (Lipinski definition) is 4. The molecule has 4 aromatic rings. The van der Waals surface area contributed by atoms with Crippen LogP contribution in [0.15, 0.2) is 85.2 Å². The molecule has 2 amide bonds. The molecule has 0 fully saturated rings. The van der Waals surface area contributed by atoms with E-state index >= 15 is 0 Å². The Bertz CT molecular complexity index is 1150. The molecule has 0 aliphatic heterocycles. The van der Waals surface area contributed by atoms with Crippen LogP contribution in [0.25, 0.3) is 16.7 Å². The Morgan fingerprint density at radius 3 is 2.43 bits per heavy atom. The fourth-order valence-corrected chi connectivity index (χ4v) is 3.00. The second-order valence-corrected chi connectivity index (χ2v) is 6.61. The Morgan fingerprint density at radius 2 is 1.63 bits per heavy atom. The lowest BCUT2D eigenvalue weighted by molar-refractivity contribution is -0.115. The minimum absolute atomic E-state index is 0.151. The van der Waals surface area contributed by atoms with Gasteiger partial charge in [0.1, 0.15) is 19.5 Å². The number of amides is 2. The van der Waals surface area contributed by atoms with E-state index in [1.807, 2.05) is 71.3 Å². The monoisotopic (exact) mass is 400 g/mol. The molecule has 0 spiro atoms. The third-order valence-electron chi connectivity index (χ3n) is 4.49. The second-order valence-electron chi connectivity index (χ2n) is 6.61. The summed E-state index contributed by atoms with van der Waals surface area (Å²) in [4.78, 5) is 28.2. The largest absolute Gasteiger partial charge is 0.445 e. The van der Waals surface area contributed by atoms with Gasteiger partial charge in [0.2, 0.25) is 5.91 Å². The molecule has 7 nitrogen and oxygen atoms in total. The minimum Gasteiger partial charge on any atom is -0.445 e. The average molecular weight is 400 g/mol. The van der Waals surface area contributed by atoms with Crippen molar-refractivity contribution in [2.75, 3.05) is 11.9 Å². The number of para-hydroxylation sites is 2. The normalized spacial score (nSPS) is 10.5. The fraction of sp³-hybridized carbons (Fsp3) is 0.0870. The summed E-state index contributed by atoms with van der Waals surface area (Å²) in [6.07, 6.45) is 1.12. The van der Waals surface area contributed by atoms with Gasteiger partial charge in [0, 0.05) is 11.4 Å². The first kappa shape index (κ1) is 19.2. The van der Waals surface area contributed by atoms with E-state index in [0.29, 0.717) is 5.69 Å². The first-order valence-electron chi connectivity index (χ1n) is 9.46. The van der Waals surface area contributed by atoms with E-state index in [1.54, 1.807) is 18.5 Å². The van der Waals surface area contributed by atoms with E-state index in [-0.39, 0.29) is 19.1 Å². The lowest BCUT2D eigenvalue weighted by Crippen LogP contribution is -2.33. The average Bonchev–Trinajstić information content (AvgIpc) is 3.22. The second kappa shape index (κ2) is 8.91. The number of rotatable bonds is 6. The highest BCUT2D eigenvalue weighted by Crippen LogP contribution is 2.19. The molecule has 0 saturated heterocycles. The summed E-state index contributed by atoms with van der Waals surface area (Å²) in [5.74, 6) is -0.340. The number of carbonyl (C=O) groups excluding carboxylic acids is 2. The van der Waals surface area contributed by atoms with Crippen molar-refractivity contribution in [2.45, 2.75) is 6.61 Å². The number of fused-ring (bicyclic) bond motifs is 1. The number of benzene rings is 3. The summed E-state index contributed by atoms with van der Waals surface area (Å²) >= 11 is 0. The van der Waals surface area contributed by atoms with Crippen molar-refractivity contribution in [2.24, 2.45) is 0 Å². The van der Waals surface area contributed by atoms with Crippen LogP contribution in [0.1, 0.15) is 5.56 Å². The first-order valence-corrected chi connectivity index (χ1v) is 9.46. The highest BCUT2D eigenvalue weighted by atomic mass is 16.5. The van der Waals surface area contributed by atoms with Gasteiger partial charge >= 0.3 is 6.09 Å². The van der Waals surface area contributed by atoms with Crippen LogP contribution in [-0.2, 0) is 16.1 Å². The number of ether oxygens (including phenoxy) is 1. The van der Waals surface area contributed by atoms with Crippen LogP contribution < -0.4 is 10.6 Å². The van der Waals surface area contributed by atoms with E-state index in [9.17, 15) is 9.59 Å². The van der Waals surface area contributed by atoms with Crippen LogP contribution >= 0.6 is 0 Å². The predicted octanol–water partition coefficient (Wildman–Crippen LogP) is 3.89. The quantitative estimate of drug-likeness (QED) is 0.514. The van der Waals surface area contributed by atoms with Crippen LogP contribution in [0.4, 0.5) is 10.5 Å². The molecule has 7 heteroatoms. The van der Waals surface area contributed by atoms with Crippen molar-refractivity contribution in [3.05, 3.63) is 90.8 Å². The molecule has 1 heterocycles. The maximum absolute atomic E-state index is 12.1. The molecule has 150 valence electrons. The van der Waals surface area contributed by atoms with Gasteiger partial charge in [-0.25, -0.2) is 9.78 Å². The van der Waals surface area contributed by atoms with Crippen LogP contribution in [-0.4, -0.2) is 28.1 Å². The van der Waals surface area contributed by atoms with Crippen LogP contribution in [0.2, 0.25) is 0 Å². The van der Waals surface area contributed by atoms with Crippen LogP contribution in [0.3, 0.4) is 0 Å². The molecule has 0 aliphatic carbocycles. The van der Waals surface area contributed by atoms with E-state index in [4.69, 9.17) is 4.74 Å². The zero-order chi connectivity index (χ0) is 20.8. The van der Waals surface area contributed by atoms with Gasteiger partial charge in [0.05, 0.1) is 11.0 Å². The molecule has 0 atom stereocenters. The molecule has 0 aliphatic rings. The molecule has 0 saturated carbocycles. The molecule has 0 radical (unpaired) electrons. The Kier molecular flexibility index (Phi) is 5.70. The maximum atomic E-state index is 12.1. The van der Waals surface area contributed by atoms with Gasteiger partial charge in [0.15, 0.2) is 0 Å². The van der Waals surface area contributed by atoms with Crippen molar-refractivity contribution in [3.63, 3.8) is 0 Å². The zero-order valence-electron chi connectivity index (χ0n) is 16.1. The number of nitrogens with one attached hydrogen (secondary N) is 2. The van der Waals surface area contributed by atoms with Gasteiger partial charge in [-0.3, -0.25) is 9.36 Å². The number of anilines is 1. The van der Waals surface area contributed by atoms with E-state index in [0.717, 1.165) is 22.3 Å². The third-order valence-corrected chi connectivity index (χ3v) is 4.49. The molecular formula is C23H20N4O3. The number of alkyl carbamates (subject to hydrolysis) is 1. The molecular weight excluding hydrogens is 380 g/mol. The van der Waals surface area contributed by atoms with E-state index < -0.39 is 6.09 Å². The van der Waals surface area contributed by atoms with Crippen molar-refractivity contribution >= 4 is 28.7 Å². The number of aromatic nitrogens is 2. The van der Waals surface area contributed by atoms with Gasteiger partial charge in [0.25, 0.3) is 0 Å². The van der Waals surface area contributed by atoms with Gasteiger partial charge < -0.3 is 15.4 Å². The molecule has 30 heavy (non-hydrogen) atoms. The molecule has 1 aromatic heterocycles. The molecule has 4 rings (SSSR count). The maximum Gasteiger partial charge on any atom is 0.407 e. The number of nitrogens with zero attached hydrogens (tertiary/aromatic N) is 2. The Labute approximate surface area is 173 Å². The zero-order valence-corrected chi connectivity index (χ0v) is 16.1. The van der Waals surface area contributed by atoms with E-state index in [1.165, 1.54) is 0 Å². The topological polar surface area (TPSA) is 85.3 Å². The van der Waals surface area contributed by atoms with Crippen molar-refractivity contribution < 1.29 is 14.3 Å². The summed E-state index contributed by atoms with van der Waals surface area (Å²) in [7, 11) is 0. The minimum atomic E-state index is -0.642. The highest BCUT2D eigenvalue weighted by molar-refractivity contribution is 5.94. The van der Waals surface area contributed by atoms with Gasteiger partial charge in [-0.05, 0) is 42.0 Å². The van der Waals surface area contributed by atoms with Gasteiger partial charge in [-0.1, -0.05) is 42.5 Å². The summed E-state index contributed by atoms with van der Waals surface area (Å²) in [5, 5.41) is 5.19. The predicted molar refractivity (Wildman–Crippen MR) is 114 cm³/mol. The van der Waals surface area contributed by atoms with E-state index in [2.05, 4.69) is 15.6 Å². The fourth-order valence-electron chi connectivity index (χ4n) is 3.00. The number of imidazole rings is 1. The SMILES string of the molecule is O=C(CNC(=O)OCc1ccccc1)Nc1ccc(-n2cnc3ccccc32)cc1. The van der Waals surface area contributed by atoms with Crippen LogP contribution in [0.5, 0.6) is 0 Å². The van der Waals surface area contributed by atoms with Crippen molar-refractivity contribution in [3.8, 4) is 5.69 Å². The summed E-state index contributed by atoms with van der Waals surface area (Å²) in [5.41, 5.74) is 4.37. The van der Waals surface area contributed by atoms with Crippen molar-refractivity contribution in [1.29, 1.82) is 0 Å².